The van der Waals surface area contributed by atoms with Gasteiger partial charge in [-0.25, -0.2) is 0 Å². The van der Waals surface area contributed by atoms with E-state index >= 15 is 0 Å². The van der Waals surface area contributed by atoms with Crippen molar-refractivity contribution < 1.29 is 51.0 Å². The first kappa shape index (κ1) is 17.8. The van der Waals surface area contributed by atoms with Crippen LogP contribution in [-0.2, 0) is 26.2 Å². The molecule has 0 saturated carbocycles. The fourth-order valence-electron chi connectivity index (χ4n) is 1.75. The summed E-state index contributed by atoms with van der Waals surface area (Å²) in [5.74, 6) is 0. The first-order chi connectivity index (χ1) is 5.77. The smallest absolute Gasteiger partial charge is 1.00 e. The normalized spacial score (nSPS) is 17.5. The Morgan fingerprint density at radius 1 is 1.13 bits per heavy atom. The van der Waals surface area contributed by atoms with Gasteiger partial charge in [0, 0.05) is 0 Å². The zero-order valence-electron chi connectivity index (χ0n) is 8.90. The summed E-state index contributed by atoms with van der Waals surface area (Å²) in [6.45, 7) is 4.32. The van der Waals surface area contributed by atoms with Crippen molar-refractivity contribution in [2.24, 2.45) is 0 Å². The van der Waals surface area contributed by atoms with Gasteiger partial charge >= 0.3 is 26.2 Å². The summed E-state index contributed by atoms with van der Waals surface area (Å²) in [5, 5.41) is 0. The maximum atomic E-state index is 3.39. The van der Waals surface area contributed by atoms with E-state index in [4.69, 9.17) is 0 Å². The van der Waals surface area contributed by atoms with Crippen molar-refractivity contribution in [2.45, 2.75) is 26.7 Å². The molecule has 0 saturated heterocycles. The second-order valence-corrected chi connectivity index (χ2v) is 3.46. The molecule has 0 aromatic carbocycles. The third-order valence-electron chi connectivity index (χ3n) is 2.45. The van der Waals surface area contributed by atoms with Gasteiger partial charge in [0.1, 0.15) is 0 Å². The number of hydrogen-bond donors (Lipinski definition) is 0. The van der Waals surface area contributed by atoms with Gasteiger partial charge in [-0.15, -0.1) is 17.7 Å². The molecule has 0 unspecified atom stereocenters. The largest absolute Gasteiger partial charge is 3.00 e. The molecule has 0 bridgehead atoms. The molecule has 1 radical (unpaired) electrons. The topological polar surface area (TPSA) is 0 Å². The molecule has 0 fully saturated rings. The fraction of sp³-hybridized carbons (Fsp3) is 0.333. The van der Waals surface area contributed by atoms with E-state index in [1.165, 1.54) is 22.3 Å². The van der Waals surface area contributed by atoms with Gasteiger partial charge in [0.2, 0.25) is 0 Å². The first-order valence-electron chi connectivity index (χ1n) is 4.43. The number of rotatable bonds is 1. The molecule has 0 spiro atoms. The Balaban J connectivity index is 0. The molecule has 0 N–H and O–H groups in total. The third kappa shape index (κ3) is 4.06. The minimum absolute atomic E-state index is 0. The zero-order chi connectivity index (χ0) is 8.55. The monoisotopic (exact) mass is 317 g/mol. The summed E-state index contributed by atoms with van der Waals surface area (Å²) in [7, 11) is 0. The van der Waals surface area contributed by atoms with Crippen molar-refractivity contribution in [3.63, 3.8) is 0 Å². The molecule has 2 aliphatic rings. The second kappa shape index (κ2) is 7.66. The predicted octanol–water partition coefficient (Wildman–Crippen LogP) is -2.65. The summed E-state index contributed by atoms with van der Waals surface area (Å²) in [6, 6.07) is 0. The van der Waals surface area contributed by atoms with Gasteiger partial charge < -0.3 is 24.8 Å². The quantitative estimate of drug-likeness (QED) is 0.463. The van der Waals surface area contributed by atoms with Gasteiger partial charge in [0.15, 0.2) is 0 Å². The summed E-state index contributed by atoms with van der Waals surface area (Å²) in [6.07, 6.45) is 12.3. The van der Waals surface area contributed by atoms with Crippen LogP contribution in [0, 0.1) is 6.08 Å². The minimum atomic E-state index is 0. The molecular formula is C12H13Cl2Zr. The Labute approximate surface area is 124 Å². The van der Waals surface area contributed by atoms with Gasteiger partial charge in [0.25, 0.3) is 0 Å². The van der Waals surface area contributed by atoms with Crippen LogP contribution in [0.2, 0.25) is 0 Å². The minimum Gasteiger partial charge on any atom is -1.00 e. The van der Waals surface area contributed by atoms with Crippen LogP contribution in [0.25, 0.3) is 0 Å². The number of allylic oxidation sites excluding steroid dienone is 8. The Bertz CT molecular complexity index is 336. The molecule has 3 heteroatoms. The van der Waals surface area contributed by atoms with Crippen LogP contribution in [-0.4, -0.2) is 0 Å². The van der Waals surface area contributed by atoms with Crippen LogP contribution in [0.5, 0.6) is 0 Å². The molecule has 0 amide bonds. The van der Waals surface area contributed by atoms with E-state index in [1.54, 1.807) is 0 Å². The fourth-order valence-corrected chi connectivity index (χ4v) is 1.75. The summed E-state index contributed by atoms with van der Waals surface area (Å²) in [5.41, 5.74) is 5.57. The third-order valence-corrected chi connectivity index (χ3v) is 2.45. The molecule has 79 valence electrons. The zero-order valence-corrected chi connectivity index (χ0v) is 12.9. The SMILES string of the molecule is CC1=CCC(C2=[C-]CC=C2C)=C1.[Cl-].[Cl-].[Zr+3]. The van der Waals surface area contributed by atoms with Crippen molar-refractivity contribution in [3.05, 3.63) is 46.6 Å². The molecule has 0 heterocycles. The van der Waals surface area contributed by atoms with Crippen LogP contribution in [0.1, 0.15) is 26.7 Å². The van der Waals surface area contributed by atoms with E-state index in [9.17, 15) is 0 Å². The number of halogens is 2. The van der Waals surface area contributed by atoms with Crippen LogP contribution in [0.15, 0.2) is 40.5 Å². The van der Waals surface area contributed by atoms with Gasteiger partial charge in [0.05, 0.1) is 0 Å². The molecule has 0 aromatic heterocycles. The summed E-state index contributed by atoms with van der Waals surface area (Å²) < 4.78 is 0. The van der Waals surface area contributed by atoms with Crippen LogP contribution >= 0.6 is 0 Å². The van der Waals surface area contributed by atoms with E-state index in [-0.39, 0.29) is 51.0 Å². The Morgan fingerprint density at radius 2 is 1.80 bits per heavy atom. The maximum Gasteiger partial charge on any atom is 3.00 e. The van der Waals surface area contributed by atoms with Crippen molar-refractivity contribution in [2.75, 3.05) is 0 Å². The molecule has 2 aliphatic carbocycles. The molecule has 0 aliphatic heterocycles. The van der Waals surface area contributed by atoms with Crippen molar-refractivity contribution in [3.8, 4) is 0 Å². The van der Waals surface area contributed by atoms with Crippen LogP contribution in [0.3, 0.4) is 0 Å². The van der Waals surface area contributed by atoms with Gasteiger partial charge in [-0.1, -0.05) is 31.4 Å². The van der Waals surface area contributed by atoms with Crippen LogP contribution in [0.4, 0.5) is 0 Å². The Morgan fingerprint density at radius 3 is 2.20 bits per heavy atom. The van der Waals surface area contributed by atoms with Crippen LogP contribution < -0.4 is 24.8 Å². The van der Waals surface area contributed by atoms with E-state index < -0.39 is 0 Å². The van der Waals surface area contributed by atoms with Crippen molar-refractivity contribution >= 4 is 0 Å². The molecule has 2 rings (SSSR count). The molecular weight excluding hydrogens is 306 g/mol. The summed E-state index contributed by atoms with van der Waals surface area (Å²) >= 11 is 0. The van der Waals surface area contributed by atoms with E-state index in [0.717, 1.165) is 12.8 Å². The average molecular weight is 319 g/mol. The van der Waals surface area contributed by atoms with Gasteiger partial charge in [-0.3, -0.25) is 0 Å². The maximum absolute atomic E-state index is 3.39. The van der Waals surface area contributed by atoms with E-state index in [1.807, 2.05) is 0 Å². The molecule has 0 atom stereocenters. The predicted molar refractivity (Wildman–Crippen MR) is 51.6 cm³/mol. The molecule has 0 nitrogen and oxygen atoms in total. The average Bonchev–Trinajstić information content (AvgIpc) is 2.58. The second-order valence-electron chi connectivity index (χ2n) is 3.46. The first-order valence-corrected chi connectivity index (χ1v) is 4.43. The van der Waals surface area contributed by atoms with Gasteiger partial charge in [-0.2, -0.15) is 17.2 Å². The van der Waals surface area contributed by atoms with Crippen molar-refractivity contribution in [1.82, 2.24) is 0 Å². The van der Waals surface area contributed by atoms with E-state index in [2.05, 4.69) is 38.2 Å². The molecule has 0 aromatic rings. The number of hydrogen-bond acceptors (Lipinski definition) is 0. The molecule has 15 heavy (non-hydrogen) atoms. The Kier molecular flexibility index (Phi) is 9.09. The van der Waals surface area contributed by atoms with E-state index in [0.29, 0.717) is 0 Å². The summed E-state index contributed by atoms with van der Waals surface area (Å²) in [4.78, 5) is 0. The Hall–Kier alpha value is 0.423. The van der Waals surface area contributed by atoms with Gasteiger partial charge in [-0.05, 0) is 6.92 Å². The van der Waals surface area contributed by atoms with Crippen molar-refractivity contribution in [1.29, 1.82) is 0 Å². The standard InChI is InChI=1S/C12H13.2ClH.Zr/c1-9-6-7-11(8-9)12-5-3-4-10(12)2;;;/h4,6,8H,3,7H2,1-2H3;2*1H;/q-1;;;+3/p-2.